The van der Waals surface area contributed by atoms with E-state index in [1.165, 1.54) is 12.3 Å². The molecule has 0 saturated heterocycles. The number of hydrogen-bond acceptors (Lipinski definition) is 4. The molecule has 100 valence electrons. The number of aromatic nitrogens is 2. The SMILES string of the molecule is Cc1[nH]ncc1S(=O)(=O)Nc1cccc(C(=N)N)c1. The highest BCUT2D eigenvalue weighted by Crippen LogP contribution is 2.18. The Bertz CT molecular complexity index is 720. The van der Waals surface area contributed by atoms with Crippen LogP contribution in [0, 0.1) is 12.3 Å². The molecule has 1 heterocycles. The molecule has 8 heteroatoms. The molecule has 0 aliphatic carbocycles. The van der Waals surface area contributed by atoms with Crippen LogP contribution in [-0.4, -0.2) is 24.5 Å². The van der Waals surface area contributed by atoms with Crippen molar-refractivity contribution in [1.82, 2.24) is 10.2 Å². The first-order chi connectivity index (χ1) is 8.90. The van der Waals surface area contributed by atoms with Gasteiger partial charge in [-0.25, -0.2) is 8.42 Å². The van der Waals surface area contributed by atoms with Crippen LogP contribution < -0.4 is 10.5 Å². The van der Waals surface area contributed by atoms with Gasteiger partial charge in [-0.3, -0.25) is 15.2 Å². The van der Waals surface area contributed by atoms with Gasteiger partial charge in [-0.05, 0) is 19.1 Å². The number of nitrogens with two attached hydrogens (primary N) is 1. The number of sulfonamides is 1. The maximum Gasteiger partial charge on any atom is 0.265 e. The summed E-state index contributed by atoms with van der Waals surface area (Å²) in [6, 6.07) is 6.33. The summed E-state index contributed by atoms with van der Waals surface area (Å²) in [5.41, 5.74) is 6.60. The smallest absolute Gasteiger partial charge is 0.265 e. The van der Waals surface area contributed by atoms with Crippen LogP contribution >= 0.6 is 0 Å². The van der Waals surface area contributed by atoms with E-state index in [0.717, 1.165) is 0 Å². The predicted octanol–water partition coefficient (Wildman–Crippen LogP) is 0.803. The molecule has 0 bridgehead atoms. The lowest BCUT2D eigenvalue weighted by Crippen LogP contribution is -2.15. The number of benzene rings is 1. The van der Waals surface area contributed by atoms with Crippen LogP contribution in [0.2, 0.25) is 0 Å². The van der Waals surface area contributed by atoms with Crippen molar-refractivity contribution in [3.63, 3.8) is 0 Å². The van der Waals surface area contributed by atoms with Gasteiger partial charge in [-0.2, -0.15) is 5.10 Å². The van der Waals surface area contributed by atoms with E-state index in [4.69, 9.17) is 11.1 Å². The Kier molecular flexibility index (Phi) is 3.26. The Balaban J connectivity index is 2.34. The molecule has 0 unspecified atom stereocenters. The van der Waals surface area contributed by atoms with Crippen molar-refractivity contribution < 1.29 is 8.42 Å². The van der Waals surface area contributed by atoms with Crippen molar-refractivity contribution in [2.75, 3.05) is 4.72 Å². The van der Waals surface area contributed by atoms with Crippen LogP contribution in [-0.2, 0) is 10.0 Å². The molecule has 7 nitrogen and oxygen atoms in total. The van der Waals surface area contributed by atoms with Crippen LogP contribution in [0.3, 0.4) is 0 Å². The molecule has 19 heavy (non-hydrogen) atoms. The van der Waals surface area contributed by atoms with E-state index in [1.54, 1.807) is 25.1 Å². The van der Waals surface area contributed by atoms with Gasteiger partial charge < -0.3 is 5.73 Å². The van der Waals surface area contributed by atoms with Crippen molar-refractivity contribution in [1.29, 1.82) is 5.41 Å². The van der Waals surface area contributed by atoms with E-state index in [1.807, 2.05) is 0 Å². The Morgan fingerprint density at radius 2 is 2.21 bits per heavy atom. The third-order valence-electron chi connectivity index (χ3n) is 2.50. The molecule has 0 saturated carbocycles. The Hall–Kier alpha value is -2.35. The van der Waals surface area contributed by atoms with Gasteiger partial charge in [0, 0.05) is 11.3 Å². The standard InChI is InChI=1S/C11H13N5O2S/c1-7-10(6-14-15-7)19(17,18)16-9-4-2-3-8(5-9)11(12)13/h2-6,16H,1H3,(H3,12,13)(H,14,15). The summed E-state index contributed by atoms with van der Waals surface area (Å²) in [7, 11) is -3.70. The second kappa shape index (κ2) is 4.73. The largest absolute Gasteiger partial charge is 0.384 e. The van der Waals surface area contributed by atoms with Crippen molar-refractivity contribution >= 4 is 21.5 Å². The third kappa shape index (κ3) is 2.74. The van der Waals surface area contributed by atoms with Gasteiger partial charge in [0.05, 0.1) is 11.9 Å². The first-order valence-electron chi connectivity index (χ1n) is 5.37. The number of H-pyrrole nitrogens is 1. The second-order valence-corrected chi connectivity index (χ2v) is 5.61. The summed E-state index contributed by atoms with van der Waals surface area (Å²) in [5.74, 6) is -0.125. The third-order valence-corrected chi connectivity index (χ3v) is 3.99. The average Bonchev–Trinajstić information content (AvgIpc) is 2.76. The highest BCUT2D eigenvalue weighted by Gasteiger charge is 2.18. The molecular weight excluding hydrogens is 266 g/mol. The predicted molar refractivity (Wildman–Crippen MR) is 71.6 cm³/mol. The zero-order valence-electron chi connectivity index (χ0n) is 10.1. The monoisotopic (exact) mass is 279 g/mol. The molecule has 0 fully saturated rings. The quantitative estimate of drug-likeness (QED) is 0.488. The highest BCUT2D eigenvalue weighted by atomic mass is 32.2. The van der Waals surface area contributed by atoms with E-state index >= 15 is 0 Å². The molecule has 2 aromatic rings. The Morgan fingerprint density at radius 1 is 1.47 bits per heavy atom. The summed E-state index contributed by atoms with van der Waals surface area (Å²) in [6.07, 6.45) is 1.24. The van der Waals surface area contributed by atoms with Gasteiger partial charge in [0.2, 0.25) is 0 Å². The molecule has 0 radical (unpaired) electrons. The summed E-state index contributed by atoms with van der Waals surface area (Å²) in [4.78, 5) is 0.0840. The van der Waals surface area contributed by atoms with E-state index in [-0.39, 0.29) is 10.7 Å². The molecule has 1 aromatic heterocycles. The minimum Gasteiger partial charge on any atom is -0.384 e. The van der Waals surface area contributed by atoms with Crippen molar-refractivity contribution in [2.24, 2.45) is 5.73 Å². The lowest BCUT2D eigenvalue weighted by molar-refractivity contribution is 0.600. The van der Waals surface area contributed by atoms with Crippen molar-refractivity contribution in [2.45, 2.75) is 11.8 Å². The van der Waals surface area contributed by atoms with Gasteiger partial charge in [-0.15, -0.1) is 0 Å². The second-order valence-electron chi connectivity index (χ2n) is 3.96. The topological polar surface area (TPSA) is 125 Å². The number of nitrogen functional groups attached to an aromatic ring is 1. The maximum atomic E-state index is 12.1. The van der Waals surface area contributed by atoms with E-state index in [2.05, 4.69) is 14.9 Å². The molecule has 0 amide bonds. The fourth-order valence-electron chi connectivity index (χ4n) is 1.57. The van der Waals surface area contributed by atoms with Crippen molar-refractivity contribution in [3.8, 4) is 0 Å². The minimum atomic E-state index is -3.70. The van der Waals surface area contributed by atoms with E-state index < -0.39 is 10.0 Å². The molecule has 1 aromatic carbocycles. The molecule has 2 rings (SSSR count). The van der Waals surface area contributed by atoms with Gasteiger partial charge in [0.1, 0.15) is 10.7 Å². The van der Waals surface area contributed by atoms with Crippen LogP contribution in [0.1, 0.15) is 11.3 Å². The normalized spacial score (nSPS) is 11.2. The van der Waals surface area contributed by atoms with Crippen LogP contribution in [0.4, 0.5) is 5.69 Å². The summed E-state index contributed by atoms with van der Waals surface area (Å²) in [5, 5.41) is 13.6. The number of nitrogens with zero attached hydrogens (tertiary/aromatic N) is 1. The van der Waals surface area contributed by atoms with Crippen LogP contribution in [0.15, 0.2) is 35.4 Å². The Labute approximate surface area is 110 Å². The highest BCUT2D eigenvalue weighted by molar-refractivity contribution is 7.92. The molecule has 0 atom stereocenters. The lowest BCUT2D eigenvalue weighted by atomic mass is 10.2. The van der Waals surface area contributed by atoms with E-state index in [9.17, 15) is 8.42 Å². The van der Waals surface area contributed by atoms with Crippen LogP contribution in [0.25, 0.3) is 0 Å². The van der Waals surface area contributed by atoms with Crippen molar-refractivity contribution in [3.05, 3.63) is 41.7 Å². The van der Waals surface area contributed by atoms with Gasteiger partial charge >= 0.3 is 0 Å². The van der Waals surface area contributed by atoms with Gasteiger partial charge in [0.15, 0.2) is 0 Å². The fraction of sp³-hybridized carbons (Fsp3) is 0.0909. The number of rotatable bonds is 4. The molecular formula is C11H13N5O2S. The lowest BCUT2D eigenvalue weighted by Gasteiger charge is -2.08. The summed E-state index contributed by atoms with van der Waals surface area (Å²) < 4.78 is 26.6. The zero-order chi connectivity index (χ0) is 14.0. The minimum absolute atomic E-state index is 0.0840. The zero-order valence-corrected chi connectivity index (χ0v) is 11.0. The van der Waals surface area contributed by atoms with Gasteiger partial charge in [0.25, 0.3) is 10.0 Å². The van der Waals surface area contributed by atoms with Crippen LogP contribution in [0.5, 0.6) is 0 Å². The maximum absolute atomic E-state index is 12.1. The fourth-order valence-corrected chi connectivity index (χ4v) is 2.76. The number of aromatic amines is 1. The first-order valence-corrected chi connectivity index (χ1v) is 6.86. The first kappa shape index (κ1) is 13.1. The number of anilines is 1. The molecule has 5 N–H and O–H groups in total. The number of amidine groups is 1. The number of hydrogen-bond donors (Lipinski definition) is 4. The average molecular weight is 279 g/mol. The molecule has 0 spiro atoms. The summed E-state index contributed by atoms with van der Waals surface area (Å²) in [6.45, 7) is 1.62. The molecule has 0 aliphatic rings. The van der Waals surface area contributed by atoms with E-state index in [0.29, 0.717) is 16.9 Å². The van der Waals surface area contributed by atoms with Gasteiger partial charge in [-0.1, -0.05) is 12.1 Å². The Morgan fingerprint density at radius 3 is 2.79 bits per heavy atom. The summed E-state index contributed by atoms with van der Waals surface area (Å²) >= 11 is 0. The number of nitrogens with one attached hydrogen (secondary N) is 3. The molecule has 0 aliphatic heterocycles. The number of aryl methyl sites for hydroxylation is 1.